The van der Waals surface area contributed by atoms with Crippen molar-refractivity contribution >= 4 is 0 Å². The summed E-state index contributed by atoms with van der Waals surface area (Å²) in [4.78, 5) is 4.32. The molecule has 0 aliphatic rings. The highest BCUT2D eigenvalue weighted by atomic mass is 16.5. The van der Waals surface area contributed by atoms with E-state index in [1.54, 1.807) is 7.11 Å². The smallest absolute Gasteiger partial charge is 0.227 e. The molecule has 0 aromatic carbocycles. The minimum absolute atomic E-state index is 0.131. The summed E-state index contributed by atoms with van der Waals surface area (Å²) >= 11 is 0. The number of rotatable bonds is 7. The van der Waals surface area contributed by atoms with Gasteiger partial charge in [0.05, 0.1) is 0 Å². The fourth-order valence-corrected chi connectivity index (χ4v) is 1.80. The van der Waals surface area contributed by atoms with Crippen LogP contribution in [0.1, 0.15) is 45.0 Å². The van der Waals surface area contributed by atoms with Crippen molar-refractivity contribution < 1.29 is 9.26 Å². The minimum Gasteiger partial charge on any atom is -0.374 e. The van der Waals surface area contributed by atoms with Gasteiger partial charge in [0.25, 0.3) is 0 Å². The lowest BCUT2D eigenvalue weighted by Crippen LogP contribution is -2.19. The number of aromatic nitrogens is 2. The summed E-state index contributed by atoms with van der Waals surface area (Å²) in [6.07, 6.45) is 1.69. The van der Waals surface area contributed by atoms with Crippen LogP contribution in [0.3, 0.4) is 0 Å². The first kappa shape index (κ1) is 14.1. The molecule has 1 rings (SSSR count). The van der Waals surface area contributed by atoms with E-state index in [-0.39, 0.29) is 6.10 Å². The van der Waals surface area contributed by atoms with Crippen molar-refractivity contribution in [3.8, 4) is 0 Å². The van der Waals surface area contributed by atoms with Crippen LogP contribution < -0.4 is 5.73 Å². The van der Waals surface area contributed by atoms with E-state index in [4.69, 9.17) is 15.0 Å². The van der Waals surface area contributed by atoms with E-state index in [0.717, 1.165) is 12.8 Å². The van der Waals surface area contributed by atoms with Gasteiger partial charge in [0, 0.05) is 13.5 Å². The van der Waals surface area contributed by atoms with Gasteiger partial charge in [-0.05, 0) is 31.7 Å². The van der Waals surface area contributed by atoms with Crippen LogP contribution in [0.15, 0.2) is 4.52 Å². The largest absolute Gasteiger partial charge is 0.374 e. The van der Waals surface area contributed by atoms with Crippen LogP contribution in [0.4, 0.5) is 0 Å². The van der Waals surface area contributed by atoms with Crippen LogP contribution in [-0.4, -0.2) is 23.8 Å². The number of nitrogens with two attached hydrogens (primary N) is 1. The number of ether oxygens (including phenoxy) is 1. The van der Waals surface area contributed by atoms with Gasteiger partial charge >= 0.3 is 0 Å². The standard InChI is InChI=1S/C12H23N3O2/c1-8(2)5-10(7-13)6-11-14-12(15-17-11)9(3)16-4/h8-10H,5-7,13H2,1-4H3. The van der Waals surface area contributed by atoms with Crippen LogP contribution in [-0.2, 0) is 11.2 Å². The second kappa shape index (κ2) is 6.71. The number of nitrogens with zero attached hydrogens (tertiary/aromatic N) is 2. The second-order valence-electron chi connectivity index (χ2n) is 4.86. The average Bonchev–Trinajstić information content (AvgIpc) is 2.75. The highest BCUT2D eigenvalue weighted by Crippen LogP contribution is 2.17. The number of methoxy groups -OCH3 is 1. The van der Waals surface area contributed by atoms with Gasteiger partial charge in [-0.25, -0.2) is 0 Å². The van der Waals surface area contributed by atoms with Crippen LogP contribution in [0.25, 0.3) is 0 Å². The molecule has 0 aliphatic carbocycles. The molecule has 0 bridgehead atoms. The van der Waals surface area contributed by atoms with Crippen LogP contribution in [0.2, 0.25) is 0 Å². The molecule has 0 aliphatic heterocycles. The summed E-state index contributed by atoms with van der Waals surface area (Å²) in [7, 11) is 1.63. The highest BCUT2D eigenvalue weighted by Gasteiger charge is 2.17. The quantitative estimate of drug-likeness (QED) is 0.789. The van der Waals surface area contributed by atoms with Crippen molar-refractivity contribution in [3.05, 3.63) is 11.7 Å². The minimum atomic E-state index is -0.131. The van der Waals surface area contributed by atoms with Crippen molar-refractivity contribution in [2.75, 3.05) is 13.7 Å². The SMILES string of the molecule is COC(C)c1noc(CC(CN)CC(C)C)n1. The van der Waals surface area contributed by atoms with Gasteiger partial charge in [0.2, 0.25) is 5.89 Å². The lowest BCUT2D eigenvalue weighted by Gasteiger charge is -2.14. The Morgan fingerprint density at radius 3 is 2.59 bits per heavy atom. The molecule has 0 saturated heterocycles. The summed E-state index contributed by atoms with van der Waals surface area (Å²) in [5.41, 5.74) is 5.75. The van der Waals surface area contributed by atoms with Gasteiger partial charge < -0.3 is 15.0 Å². The summed E-state index contributed by atoms with van der Waals surface area (Å²) in [5.74, 6) is 2.29. The first-order valence-electron chi connectivity index (χ1n) is 6.12. The van der Waals surface area contributed by atoms with Gasteiger partial charge in [-0.1, -0.05) is 19.0 Å². The molecule has 0 fully saturated rings. The van der Waals surface area contributed by atoms with Crippen LogP contribution >= 0.6 is 0 Å². The van der Waals surface area contributed by atoms with E-state index in [9.17, 15) is 0 Å². The van der Waals surface area contributed by atoms with Gasteiger partial charge in [-0.3, -0.25) is 0 Å². The lowest BCUT2D eigenvalue weighted by atomic mass is 9.94. The van der Waals surface area contributed by atoms with Gasteiger partial charge in [0.1, 0.15) is 6.10 Å². The van der Waals surface area contributed by atoms with Crippen LogP contribution in [0.5, 0.6) is 0 Å². The molecule has 2 N–H and O–H groups in total. The number of hydrogen-bond donors (Lipinski definition) is 1. The predicted octanol–water partition coefficient (Wildman–Crippen LogP) is 1.94. The maximum atomic E-state index is 5.75. The van der Waals surface area contributed by atoms with Gasteiger partial charge in [-0.2, -0.15) is 4.98 Å². The zero-order chi connectivity index (χ0) is 12.8. The molecule has 0 saturated carbocycles. The molecule has 17 heavy (non-hydrogen) atoms. The molecule has 0 radical (unpaired) electrons. The Labute approximate surface area is 103 Å². The summed E-state index contributed by atoms with van der Waals surface area (Å²) in [6, 6.07) is 0. The van der Waals surface area contributed by atoms with Crippen molar-refractivity contribution in [1.29, 1.82) is 0 Å². The molecular formula is C12H23N3O2. The van der Waals surface area contributed by atoms with Gasteiger partial charge in [0.15, 0.2) is 5.82 Å². The average molecular weight is 241 g/mol. The summed E-state index contributed by atoms with van der Waals surface area (Å²) in [5, 5.41) is 3.90. The van der Waals surface area contributed by atoms with Crippen molar-refractivity contribution in [2.24, 2.45) is 17.6 Å². The Morgan fingerprint density at radius 2 is 2.06 bits per heavy atom. The third-order valence-corrected chi connectivity index (χ3v) is 2.80. The second-order valence-corrected chi connectivity index (χ2v) is 4.86. The molecule has 5 heteroatoms. The summed E-state index contributed by atoms with van der Waals surface area (Å²) < 4.78 is 10.3. The van der Waals surface area contributed by atoms with Crippen molar-refractivity contribution in [2.45, 2.75) is 39.7 Å². The summed E-state index contributed by atoms with van der Waals surface area (Å²) in [6.45, 7) is 6.92. The van der Waals surface area contributed by atoms with E-state index in [2.05, 4.69) is 24.0 Å². The molecule has 0 amide bonds. The molecule has 1 heterocycles. The molecule has 2 atom stereocenters. The first-order chi connectivity index (χ1) is 8.06. The monoisotopic (exact) mass is 241 g/mol. The Kier molecular flexibility index (Phi) is 5.58. The topological polar surface area (TPSA) is 74.2 Å². The van der Waals surface area contributed by atoms with Crippen LogP contribution in [0, 0.1) is 11.8 Å². The molecular weight excluding hydrogens is 218 g/mol. The van der Waals surface area contributed by atoms with E-state index < -0.39 is 0 Å². The van der Waals surface area contributed by atoms with E-state index in [1.807, 2.05) is 6.92 Å². The Morgan fingerprint density at radius 1 is 1.35 bits per heavy atom. The molecule has 5 nitrogen and oxygen atoms in total. The Hall–Kier alpha value is -0.940. The van der Waals surface area contributed by atoms with E-state index >= 15 is 0 Å². The highest BCUT2D eigenvalue weighted by molar-refractivity contribution is 4.91. The first-order valence-corrected chi connectivity index (χ1v) is 6.12. The Bertz CT molecular complexity index is 325. The van der Waals surface area contributed by atoms with E-state index in [0.29, 0.717) is 30.1 Å². The number of hydrogen-bond acceptors (Lipinski definition) is 5. The van der Waals surface area contributed by atoms with Crippen molar-refractivity contribution in [1.82, 2.24) is 10.1 Å². The molecule has 2 unspecified atom stereocenters. The molecule has 1 aromatic rings. The maximum Gasteiger partial charge on any atom is 0.227 e. The zero-order valence-electron chi connectivity index (χ0n) is 11.1. The fraction of sp³-hybridized carbons (Fsp3) is 0.833. The zero-order valence-corrected chi connectivity index (χ0v) is 11.1. The van der Waals surface area contributed by atoms with E-state index in [1.165, 1.54) is 0 Å². The van der Waals surface area contributed by atoms with Crippen molar-refractivity contribution in [3.63, 3.8) is 0 Å². The molecule has 98 valence electrons. The fourth-order valence-electron chi connectivity index (χ4n) is 1.80. The normalized spacial score (nSPS) is 15.2. The maximum absolute atomic E-state index is 5.75. The predicted molar refractivity (Wildman–Crippen MR) is 65.4 cm³/mol. The third-order valence-electron chi connectivity index (χ3n) is 2.80. The molecule has 1 aromatic heterocycles. The van der Waals surface area contributed by atoms with Gasteiger partial charge in [-0.15, -0.1) is 0 Å². The Balaban J connectivity index is 2.58. The lowest BCUT2D eigenvalue weighted by molar-refractivity contribution is 0.109. The molecule has 0 spiro atoms. The third kappa shape index (κ3) is 4.44.